The third-order valence-electron chi connectivity index (χ3n) is 9.51. The van der Waals surface area contributed by atoms with Crippen molar-refractivity contribution in [1.82, 2.24) is 5.32 Å². The molecule has 0 spiro atoms. The number of hydrogen-bond acceptors (Lipinski definition) is 4. The molecule has 3 rings (SSSR count). The minimum atomic E-state index is -0.0198. The van der Waals surface area contributed by atoms with Crippen LogP contribution < -0.4 is 20.4 Å². The summed E-state index contributed by atoms with van der Waals surface area (Å²) in [5, 5.41) is 6.68. The molecule has 5 nitrogen and oxygen atoms in total. The number of benzene rings is 3. The molecule has 268 valence electrons. The molecule has 0 bridgehead atoms. The highest BCUT2D eigenvalue weighted by atomic mass is 32.1. The zero-order chi connectivity index (χ0) is 35.4. The summed E-state index contributed by atoms with van der Waals surface area (Å²) in [7, 11) is 8.24. The van der Waals surface area contributed by atoms with Gasteiger partial charge < -0.3 is 20.4 Å². The largest absolute Gasteiger partial charge is 0.378 e. The van der Waals surface area contributed by atoms with Gasteiger partial charge in [0.05, 0.1) is 0 Å². The van der Waals surface area contributed by atoms with E-state index in [2.05, 4.69) is 129 Å². The van der Waals surface area contributed by atoms with Crippen molar-refractivity contribution in [3.8, 4) is 0 Å². The SMILES string of the molecule is CCCCCCCCCCCCCCCCCC(=O)NC(=S)Nc1ccc(C)cc1C(c1ccc(N(C)C)cc1)c1ccc(N(C)C)cc1. The van der Waals surface area contributed by atoms with Crippen LogP contribution in [0.15, 0.2) is 66.7 Å². The topological polar surface area (TPSA) is 47.6 Å². The van der Waals surface area contributed by atoms with Crippen molar-refractivity contribution in [2.24, 2.45) is 0 Å². The lowest BCUT2D eigenvalue weighted by molar-refractivity contribution is -0.119. The highest BCUT2D eigenvalue weighted by Gasteiger charge is 2.22. The standard InChI is InChI=1S/C43H64N4OS/c1-7-8-9-10-11-12-13-14-15-16-17-18-19-20-21-22-41(48)45-43(49)44-40-32-23-34(2)33-39(40)42(35-24-28-37(29-25-35)46(3)4)36-26-30-38(31-27-36)47(5)6/h23-33,42H,7-22H2,1-6H3,(H2,44,45,48,49). The fourth-order valence-electron chi connectivity index (χ4n) is 6.52. The first-order valence-corrected chi connectivity index (χ1v) is 19.4. The zero-order valence-electron chi connectivity index (χ0n) is 31.5. The van der Waals surface area contributed by atoms with Gasteiger partial charge in [-0.05, 0) is 72.6 Å². The number of unbranched alkanes of at least 4 members (excludes halogenated alkanes) is 14. The molecule has 0 fully saturated rings. The Hall–Kier alpha value is -3.38. The number of carbonyl (C=O) groups excluding carboxylic acids is 1. The number of thiocarbonyl (C=S) groups is 1. The second kappa shape index (κ2) is 22.4. The summed E-state index contributed by atoms with van der Waals surface area (Å²) in [6.07, 6.45) is 20.2. The van der Waals surface area contributed by atoms with Crippen molar-refractivity contribution in [2.45, 2.75) is 122 Å². The maximum absolute atomic E-state index is 12.8. The van der Waals surface area contributed by atoms with Crippen LogP contribution in [-0.4, -0.2) is 39.2 Å². The quantitative estimate of drug-likeness (QED) is 0.0627. The summed E-state index contributed by atoms with van der Waals surface area (Å²) in [5.74, 6) is -0.0374. The van der Waals surface area contributed by atoms with Gasteiger partial charge in [0.2, 0.25) is 5.91 Å². The van der Waals surface area contributed by atoms with Gasteiger partial charge in [-0.3, -0.25) is 4.79 Å². The van der Waals surface area contributed by atoms with Crippen molar-refractivity contribution in [3.63, 3.8) is 0 Å². The number of hydrogen-bond donors (Lipinski definition) is 2. The number of carbonyl (C=O) groups is 1. The number of rotatable bonds is 22. The Labute approximate surface area is 304 Å². The normalized spacial score (nSPS) is 11.1. The maximum atomic E-state index is 12.8. The summed E-state index contributed by atoms with van der Waals surface area (Å²) < 4.78 is 0. The molecule has 0 aliphatic heterocycles. The Morgan fingerprint density at radius 2 is 1.06 bits per heavy atom. The Morgan fingerprint density at radius 3 is 1.49 bits per heavy atom. The fraction of sp³-hybridized carbons (Fsp3) is 0.535. The van der Waals surface area contributed by atoms with Crippen LogP contribution >= 0.6 is 12.2 Å². The first kappa shape index (κ1) is 40.1. The van der Waals surface area contributed by atoms with E-state index in [1.807, 2.05) is 0 Å². The maximum Gasteiger partial charge on any atom is 0.226 e. The van der Waals surface area contributed by atoms with Crippen LogP contribution in [0.3, 0.4) is 0 Å². The van der Waals surface area contributed by atoms with Crippen LogP contribution in [0.2, 0.25) is 0 Å². The van der Waals surface area contributed by atoms with E-state index >= 15 is 0 Å². The van der Waals surface area contributed by atoms with Crippen molar-refractivity contribution < 1.29 is 4.79 Å². The van der Waals surface area contributed by atoms with Gasteiger partial charge in [0.1, 0.15) is 0 Å². The van der Waals surface area contributed by atoms with Crippen molar-refractivity contribution >= 4 is 40.3 Å². The summed E-state index contributed by atoms with van der Waals surface area (Å²) in [6, 6.07) is 23.9. The van der Waals surface area contributed by atoms with E-state index in [4.69, 9.17) is 12.2 Å². The fourth-order valence-corrected chi connectivity index (χ4v) is 6.74. The molecule has 0 unspecified atom stereocenters. The predicted molar refractivity (Wildman–Crippen MR) is 218 cm³/mol. The minimum absolute atomic E-state index is 0.0176. The van der Waals surface area contributed by atoms with Gasteiger partial charge in [0.15, 0.2) is 5.11 Å². The lowest BCUT2D eigenvalue weighted by Crippen LogP contribution is -2.34. The van der Waals surface area contributed by atoms with Gasteiger partial charge in [0, 0.05) is 57.6 Å². The van der Waals surface area contributed by atoms with E-state index in [0.717, 1.165) is 35.5 Å². The third-order valence-corrected chi connectivity index (χ3v) is 9.72. The number of nitrogens with zero attached hydrogens (tertiary/aromatic N) is 2. The summed E-state index contributed by atoms with van der Waals surface area (Å²) in [5.41, 5.74) is 7.90. The molecule has 0 heterocycles. The van der Waals surface area contributed by atoms with Crippen LogP contribution in [0, 0.1) is 6.92 Å². The molecular formula is C43H64N4OS. The van der Waals surface area contributed by atoms with Gasteiger partial charge >= 0.3 is 0 Å². The van der Waals surface area contributed by atoms with Crippen LogP contribution in [0.1, 0.15) is 138 Å². The van der Waals surface area contributed by atoms with E-state index in [1.54, 1.807) is 0 Å². The van der Waals surface area contributed by atoms with Gasteiger partial charge in [-0.2, -0.15) is 0 Å². The van der Waals surface area contributed by atoms with E-state index in [0.29, 0.717) is 11.5 Å². The third kappa shape index (κ3) is 14.6. The van der Waals surface area contributed by atoms with Crippen LogP contribution in [0.25, 0.3) is 0 Å². The number of amides is 1. The molecule has 6 heteroatoms. The van der Waals surface area contributed by atoms with E-state index in [-0.39, 0.29) is 11.8 Å². The zero-order valence-corrected chi connectivity index (χ0v) is 32.3. The van der Waals surface area contributed by atoms with Gasteiger partial charge in [-0.15, -0.1) is 0 Å². The van der Waals surface area contributed by atoms with Crippen molar-refractivity contribution in [1.29, 1.82) is 0 Å². The first-order valence-electron chi connectivity index (χ1n) is 19.0. The van der Waals surface area contributed by atoms with Crippen molar-refractivity contribution in [2.75, 3.05) is 43.3 Å². The van der Waals surface area contributed by atoms with Gasteiger partial charge in [0.25, 0.3) is 0 Å². The summed E-state index contributed by atoms with van der Waals surface area (Å²) in [4.78, 5) is 17.1. The molecule has 0 aliphatic carbocycles. The Balaban J connectivity index is 1.51. The smallest absolute Gasteiger partial charge is 0.226 e. The van der Waals surface area contributed by atoms with Crippen LogP contribution in [0.4, 0.5) is 17.1 Å². The molecule has 3 aromatic carbocycles. The molecule has 2 N–H and O–H groups in total. The number of aryl methyl sites for hydroxylation is 1. The monoisotopic (exact) mass is 684 g/mol. The molecule has 49 heavy (non-hydrogen) atoms. The van der Waals surface area contributed by atoms with E-state index in [9.17, 15) is 4.79 Å². The van der Waals surface area contributed by atoms with E-state index < -0.39 is 0 Å². The molecule has 0 atom stereocenters. The lowest BCUT2D eigenvalue weighted by Gasteiger charge is -2.25. The molecule has 0 saturated heterocycles. The Morgan fingerprint density at radius 1 is 0.633 bits per heavy atom. The van der Waals surface area contributed by atoms with E-state index in [1.165, 1.54) is 100 Å². The molecule has 0 aliphatic rings. The molecule has 0 aromatic heterocycles. The molecular weight excluding hydrogens is 621 g/mol. The molecule has 0 saturated carbocycles. The highest BCUT2D eigenvalue weighted by molar-refractivity contribution is 7.80. The summed E-state index contributed by atoms with van der Waals surface area (Å²) in [6.45, 7) is 4.40. The van der Waals surface area contributed by atoms with Gasteiger partial charge in [-0.1, -0.05) is 139 Å². The molecule has 3 aromatic rings. The first-order chi connectivity index (χ1) is 23.7. The van der Waals surface area contributed by atoms with Crippen LogP contribution in [-0.2, 0) is 4.79 Å². The summed E-state index contributed by atoms with van der Waals surface area (Å²) >= 11 is 5.67. The number of nitrogens with one attached hydrogen (secondary N) is 2. The molecule has 1 amide bonds. The minimum Gasteiger partial charge on any atom is -0.378 e. The Bertz CT molecular complexity index is 1330. The predicted octanol–water partition coefficient (Wildman–Crippen LogP) is 11.4. The second-order valence-electron chi connectivity index (χ2n) is 14.2. The number of anilines is 3. The van der Waals surface area contributed by atoms with Crippen LogP contribution in [0.5, 0.6) is 0 Å². The Kier molecular flexibility index (Phi) is 18.3. The molecule has 0 radical (unpaired) electrons. The van der Waals surface area contributed by atoms with Crippen molar-refractivity contribution in [3.05, 3.63) is 89.0 Å². The lowest BCUT2D eigenvalue weighted by atomic mass is 9.83. The average Bonchev–Trinajstić information content (AvgIpc) is 3.08. The highest BCUT2D eigenvalue weighted by Crippen LogP contribution is 2.38. The second-order valence-corrected chi connectivity index (χ2v) is 14.6. The van der Waals surface area contributed by atoms with Gasteiger partial charge in [-0.25, -0.2) is 0 Å². The average molecular weight is 685 g/mol.